The maximum Gasteiger partial charge on any atom is 0.324 e. The van der Waals surface area contributed by atoms with E-state index in [2.05, 4.69) is 5.32 Å². The number of amides is 4. The van der Waals surface area contributed by atoms with E-state index in [1.54, 1.807) is 6.92 Å². The Labute approximate surface area is 147 Å². The summed E-state index contributed by atoms with van der Waals surface area (Å²) < 4.78 is 0. The van der Waals surface area contributed by atoms with Crippen molar-refractivity contribution in [1.29, 1.82) is 0 Å². The molecule has 4 amide bonds. The van der Waals surface area contributed by atoms with E-state index in [0.717, 1.165) is 29.8 Å². The quantitative estimate of drug-likeness (QED) is 0.792. The van der Waals surface area contributed by atoms with Crippen molar-refractivity contribution in [3.05, 3.63) is 35.9 Å². The van der Waals surface area contributed by atoms with Gasteiger partial charge in [-0.1, -0.05) is 30.3 Å². The summed E-state index contributed by atoms with van der Waals surface area (Å²) >= 11 is 0. The first kappa shape index (κ1) is 17.4. The topological polar surface area (TPSA) is 95.7 Å². The number of urea groups is 1. The standard InChI is InChI=1S/C18H24N4O3/c1-18(16(24)21(2)17(25)20-18)13-9-6-10-22(11-13)14(15(19)23)12-7-4-3-5-8-12/h3-5,7-8,13-14H,6,9-11H2,1-2H3,(H2,19,23)(H,20,25). The normalized spacial score (nSPS) is 28.7. The number of nitrogens with zero attached hydrogens (tertiary/aromatic N) is 2. The number of nitrogens with two attached hydrogens (primary N) is 1. The Morgan fingerprint density at radius 2 is 2.00 bits per heavy atom. The van der Waals surface area contributed by atoms with Crippen molar-refractivity contribution in [2.24, 2.45) is 11.7 Å². The van der Waals surface area contributed by atoms with Crippen molar-refractivity contribution in [3.63, 3.8) is 0 Å². The van der Waals surface area contributed by atoms with Crippen molar-refractivity contribution < 1.29 is 14.4 Å². The number of benzene rings is 1. The van der Waals surface area contributed by atoms with E-state index < -0.39 is 17.5 Å². The Bertz CT molecular complexity index is 693. The van der Waals surface area contributed by atoms with Gasteiger partial charge in [-0.15, -0.1) is 0 Å². The van der Waals surface area contributed by atoms with Crippen LogP contribution in [0.2, 0.25) is 0 Å². The first-order valence-electron chi connectivity index (χ1n) is 8.53. The maximum absolute atomic E-state index is 12.5. The second-order valence-corrected chi connectivity index (χ2v) is 7.05. The Morgan fingerprint density at radius 3 is 2.56 bits per heavy atom. The number of likely N-dealkylation sites (N-methyl/N-ethyl adjacent to an activating group) is 1. The smallest absolute Gasteiger partial charge is 0.324 e. The summed E-state index contributed by atoms with van der Waals surface area (Å²) in [6.45, 7) is 3.03. The molecule has 1 aromatic rings. The number of nitrogens with one attached hydrogen (secondary N) is 1. The van der Waals surface area contributed by atoms with Gasteiger partial charge >= 0.3 is 6.03 Å². The van der Waals surface area contributed by atoms with Crippen LogP contribution in [0.5, 0.6) is 0 Å². The average molecular weight is 344 g/mol. The lowest BCUT2D eigenvalue weighted by molar-refractivity contribution is -0.133. The highest BCUT2D eigenvalue weighted by atomic mass is 16.2. The van der Waals surface area contributed by atoms with Gasteiger partial charge in [-0.25, -0.2) is 4.79 Å². The zero-order valence-electron chi connectivity index (χ0n) is 14.6. The number of rotatable bonds is 4. The van der Waals surface area contributed by atoms with Gasteiger partial charge in [-0.3, -0.25) is 19.4 Å². The van der Waals surface area contributed by atoms with Gasteiger partial charge < -0.3 is 11.1 Å². The fraction of sp³-hybridized carbons (Fsp3) is 0.500. The van der Waals surface area contributed by atoms with Crippen molar-refractivity contribution in [2.75, 3.05) is 20.1 Å². The molecule has 2 aliphatic heterocycles. The lowest BCUT2D eigenvalue weighted by Gasteiger charge is -2.42. The molecule has 0 aromatic heterocycles. The zero-order chi connectivity index (χ0) is 18.2. The lowest BCUT2D eigenvalue weighted by atomic mass is 9.79. The van der Waals surface area contributed by atoms with Gasteiger partial charge in [0.25, 0.3) is 5.91 Å². The summed E-state index contributed by atoms with van der Waals surface area (Å²) in [5.74, 6) is -0.705. The van der Waals surface area contributed by atoms with Crippen LogP contribution in [-0.2, 0) is 9.59 Å². The Morgan fingerprint density at radius 1 is 1.32 bits per heavy atom. The molecular formula is C18H24N4O3. The van der Waals surface area contributed by atoms with E-state index in [9.17, 15) is 14.4 Å². The summed E-state index contributed by atoms with van der Waals surface area (Å²) in [5.41, 5.74) is 5.58. The number of carbonyl (C=O) groups is 3. The van der Waals surface area contributed by atoms with Crippen LogP contribution in [0.1, 0.15) is 31.4 Å². The van der Waals surface area contributed by atoms with Crippen molar-refractivity contribution >= 4 is 17.8 Å². The second-order valence-electron chi connectivity index (χ2n) is 7.05. The fourth-order valence-electron chi connectivity index (χ4n) is 3.98. The second kappa shape index (κ2) is 6.48. The summed E-state index contributed by atoms with van der Waals surface area (Å²) in [6.07, 6.45) is 1.65. The molecule has 134 valence electrons. The number of hydrogen-bond acceptors (Lipinski definition) is 4. The number of primary amides is 1. The molecule has 3 N–H and O–H groups in total. The summed E-state index contributed by atoms with van der Waals surface area (Å²) in [4.78, 5) is 39.7. The maximum atomic E-state index is 12.5. The molecule has 3 unspecified atom stereocenters. The fourth-order valence-corrected chi connectivity index (χ4v) is 3.98. The number of piperidine rings is 1. The largest absolute Gasteiger partial charge is 0.368 e. The minimum absolute atomic E-state index is 0.0757. The molecule has 0 radical (unpaired) electrons. The van der Waals surface area contributed by atoms with Gasteiger partial charge in [0.1, 0.15) is 11.6 Å². The average Bonchev–Trinajstić information content (AvgIpc) is 2.80. The molecule has 3 rings (SSSR count). The van der Waals surface area contributed by atoms with Crippen LogP contribution in [0.15, 0.2) is 30.3 Å². The number of likely N-dealkylation sites (tertiary alicyclic amines) is 1. The third kappa shape index (κ3) is 3.00. The van der Waals surface area contributed by atoms with Crippen LogP contribution >= 0.6 is 0 Å². The molecule has 2 fully saturated rings. The van der Waals surface area contributed by atoms with Crippen molar-refractivity contribution in [1.82, 2.24) is 15.1 Å². The summed E-state index contributed by atoms with van der Waals surface area (Å²) in [6, 6.07) is 8.52. The monoisotopic (exact) mass is 344 g/mol. The predicted molar refractivity (Wildman–Crippen MR) is 92.4 cm³/mol. The minimum atomic E-state index is -0.941. The Balaban J connectivity index is 1.84. The third-order valence-corrected chi connectivity index (χ3v) is 5.44. The first-order chi connectivity index (χ1) is 11.8. The molecular weight excluding hydrogens is 320 g/mol. The molecule has 0 aliphatic carbocycles. The number of imide groups is 1. The van der Waals surface area contributed by atoms with Gasteiger partial charge in [0, 0.05) is 19.5 Å². The first-order valence-corrected chi connectivity index (χ1v) is 8.53. The van der Waals surface area contributed by atoms with Crippen LogP contribution in [-0.4, -0.2) is 53.3 Å². The predicted octanol–water partition coefficient (Wildman–Crippen LogP) is 0.865. The van der Waals surface area contributed by atoms with Crippen molar-refractivity contribution in [2.45, 2.75) is 31.3 Å². The third-order valence-electron chi connectivity index (χ3n) is 5.44. The van der Waals surface area contributed by atoms with Crippen LogP contribution in [0.25, 0.3) is 0 Å². The minimum Gasteiger partial charge on any atom is -0.368 e. The van der Waals surface area contributed by atoms with Gasteiger partial charge in [-0.2, -0.15) is 0 Å². The molecule has 2 saturated heterocycles. The van der Waals surface area contributed by atoms with Crippen LogP contribution in [0, 0.1) is 5.92 Å². The van der Waals surface area contributed by atoms with Crippen LogP contribution in [0.3, 0.4) is 0 Å². The van der Waals surface area contributed by atoms with Gasteiger partial charge in [-0.05, 0) is 31.9 Å². The van der Waals surface area contributed by atoms with Crippen molar-refractivity contribution in [3.8, 4) is 0 Å². The van der Waals surface area contributed by atoms with E-state index >= 15 is 0 Å². The Kier molecular flexibility index (Phi) is 4.51. The summed E-state index contributed by atoms with van der Waals surface area (Å²) in [5, 5.41) is 2.82. The number of hydrogen-bond donors (Lipinski definition) is 2. The highest BCUT2D eigenvalue weighted by Crippen LogP contribution is 2.35. The van der Waals surface area contributed by atoms with Gasteiger partial charge in [0.15, 0.2) is 0 Å². The molecule has 0 spiro atoms. The molecule has 1 aromatic carbocycles. The highest BCUT2D eigenvalue weighted by molar-refractivity contribution is 6.06. The highest BCUT2D eigenvalue weighted by Gasteiger charge is 2.52. The molecule has 2 heterocycles. The SMILES string of the molecule is CN1C(=O)NC(C)(C2CCCN(C(C(N)=O)c3ccccc3)C2)C1=O. The van der Waals surface area contributed by atoms with E-state index in [0.29, 0.717) is 6.54 Å². The molecule has 3 atom stereocenters. The van der Waals surface area contributed by atoms with E-state index in [1.165, 1.54) is 7.05 Å². The van der Waals surface area contributed by atoms with Gasteiger partial charge in [0.05, 0.1) is 0 Å². The molecule has 7 heteroatoms. The summed E-state index contributed by atoms with van der Waals surface area (Å²) in [7, 11) is 1.49. The molecule has 0 saturated carbocycles. The van der Waals surface area contributed by atoms with Gasteiger partial charge in [0.2, 0.25) is 5.91 Å². The molecule has 0 bridgehead atoms. The van der Waals surface area contributed by atoms with E-state index in [4.69, 9.17) is 5.73 Å². The lowest BCUT2D eigenvalue weighted by Crippen LogP contribution is -2.56. The van der Waals surface area contributed by atoms with Crippen LogP contribution in [0.4, 0.5) is 4.79 Å². The molecule has 2 aliphatic rings. The molecule has 7 nitrogen and oxygen atoms in total. The zero-order valence-corrected chi connectivity index (χ0v) is 14.6. The molecule has 25 heavy (non-hydrogen) atoms. The van der Waals surface area contributed by atoms with E-state index in [1.807, 2.05) is 35.2 Å². The Hall–Kier alpha value is -2.41. The number of carbonyl (C=O) groups excluding carboxylic acids is 3. The van der Waals surface area contributed by atoms with Crippen LogP contribution < -0.4 is 11.1 Å². The van der Waals surface area contributed by atoms with E-state index in [-0.39, 0.29) is 17.9 Å².